The molecule has 0 unspecified atom stereocenters. The van der Waals surface area contributed by atoms with E-state index in [1.165, 1.54) is 16.7 Å². The van der Waals surface area contributed by atoms with Gasteiger partial charge in [-0.05, 0) is 19.8 Å². The highest BCUT2D eigenvalue weighted by molar-refractivity contribution is 7.89. The average Bonchev–Trinajstić information content (AvgIpc) is 2.29. The summed E-state index contributed by atoms with van der Waals surface area (Å²) < 4.78 is 25.8. The SMILES string of the molecule is CC1(O)CCN(S(=O)(=O)c2cnc(N)nc2)CC1. The first-order chi connectivity index (χ1) is 8.31. The lowest BCUT2D eigenvalue weighted by molar-refractivity contribution is 0.0126. The summed E-state index contributed by atoms with van der Waals surface area (Å²) in [4.78, 5) is 7.39. The second kappa shape index (κ2) is 4.45. The summed E-state index contributed by atoms with van der Waals surface area (Å²) in [5, 5.41) is 9.80. The number of hydrogen-bond acceptors (Lipinski definition) is 6. The highest BCUT2D eigenvalue weighted by Crippen LogP contribution is 2.25. The smallest absolute Gasteiger partial charge is 0.246 e. The molecule has 0 atom stereocenters. The lowest BCUT2D eigenvalue weighted by Crippen LogP contribution is -2.45. The standard InChI is InChI=1S/C10H16N4O3S/c1-10(15)2-4-14(5-3-10)18(16,17)8-6-12-9(11)13-7-8/h6-7,15H,2-5H2,1H3,(H2,11,12,13). The second-order valence-corrected chi connectivity index (χ2v) is 6.62. The predicted molar refractivity (Wildman–Crippen MR) is 65.1 cm³/mol. The van der Waals surface area contributed by atoms with Crippen LogP contribution >= 0.6 is 0 Å². The molecule has 1 aromatic heterocycles. The van der Waals surface area contributed by atoms with Gasteiger partial charge in [-0.15, -0.1) is 0 Å². The molecule has 1 saturated heterocycles. The molecule has 0 aliphatic carbocycles. The van der Waals surface area contributed by atoms with Crippen molar-refractivity contribution in [2.75, 3.05) is 18.8 Å². The first-order valence-electron chi connectivity index (χ1n) is 5.61. The number of hydrogen-bond donors (Lipinski definition) is 2. The minimum absolute atomic E-state index is 0.0262. The lowest BCUT2D eigenvalue weighted by atomic mass is 9.95. The van der Waals surface area contributed by atoms with Gasteiger partial charge in [0.25, 0.3) is 0 Å². The van der Waals surface area contributed by atoms with Crippen molar-refractivity contribution >= 4 is 16.0 Å². The zero-order valence-corrected chi connectivity index (χ0v) is 10.9. The fourth-order valence-electron chi connectivity index (χ4n) is 1.82. The van der Waals surface area contributed by atoms with Gasteiger partial charge in [0.15, 0.2) is 0 Å². The highest BCUT2D eigenvalue weighted by atomic mass is 32.2. The largest absolute Gasteiger partial charge is 0.390 e. The summed E-state index contributed by atoms with van der Waals surface area (Å²) in [6, 6.07) is 0. The van der Waals surface area contributed by atoms with E-state index in [-0.39, 0.29) is 10.8 Å². The number of anilines is 1. The Morgan fingerprint density at radius 3 is 2.33 bits per heavy atom. The minimum atomic E-state index is -3.59. The number of aliphatic hydroxyl groups is 1. The highest BCUT2D eigenvalue weighted by Gasteiger charge is 2.34. The number of sulfonamides is 1. The molecular weight excluding hydrogens is 256 g/mol. The van der Waals surface area contributed by atoms with Gasteiger partial charge < -0.3 is 10.8 Å². The van der Waals surface area contributed by atoms with E-state index in [9.17, 15) is 13.5 Å². The van der Waals surface area contributed by atoms with E-state index in [2.05, 4.69) is 9.97 Å². The van der Waals surface area contributed by atoms with Crippen LogP contribution in [0.2, 0.25) is 0 Å². The summed E-state index contributed by atoms with van der Waals surface area (Å²) in [5.74, 6) is 0.0375. The molecule has 3 N–H and O–H groups in total. The predicted octanol–water partition coefficient (Wildman–Crippen LogP) is -0.406. The van der Waals surface area contributed by atoms with Gasteiger partial charge in [-0.1, -0.05) is 0 Å². The number of nitrogens with zero attached hydrogens (tertiary/aromatic N) is 3. The van der Waals surface area contributed by atoms with E-state index < -0.39 is 15.6 Å². The molecule has 8 heteroatoms. The van der Waals surface area contributed by atoms with Gasteiger partial charge in [-0.2, -0.15) is 4.31 Å². The summed E-state index contributed by atoms with van der Waals surface area (Å²) in [6.07, 6.45) is 3.24. The van der Waals surface area contributed by atoms with Gasteiger partial charge in [-0.3, -0.25) is 0 Å². The molecule has 0 bridgehead atoms. The van der Waals surface area contributed by atoms with Crippen LogP contribution in [0.4, 0.5) is 5.95 Å². The average molecular weight is 272 g/mol. The van der Waals surface area contributed by atoms with Crippen molar-refractivity contribution in [3.05, 3.63) is 12.4 Å². The molecule has 1 fully saturated rings. The molecule has 1 aliphatic rings. The van der Waals surface area contributed by atoms with E-state index in [0.717, 1.165) is 0 Å². The number of nitrogens with two attached hydrogens (primary N) is 1. The van der Waals surface area contributed by atoms with Crippen LogP contribution in [0.3, 0.4) is 0 Å². The van der Waals surface area contributed by atoms with Crippen LogP contribution in [0.1, 0.15) is 19.8 Å². The quantitative estimate of drug-likeness (QED) is 0.757. The topological polar surface area (TPSA) is 109 Å². The van der Waals surface area contributed by atoms with Crippen LogP contribution in [-0.4, -0.2) is 46.5 Å². The van der Waals surface area contributed by atoms with Crippen LogP contribution in [0.5, 0.6) is 0 Å². The summed E-state index contributed by atoms with van der Waals surface area (Å²) >= 11 is 0. The fraction of sp³-hybridized carbons (Fsp3) is 0.600. The molecule has 1 aliphatic heterocycles. The Kier molecular flexibility index (Phi) is 3.26. The molecule has 100 valence electrons. The number of rotatable bonds is 2. The third-order valence-electron chi connectivity index (χ3n) is 3.09. The summed E-state index contributed by atoms with van der Waals surface area (Å²) in [6.45, 7) is 2.29. The fourth-order valence-corrected chi connectivity index (χ4v) is 3.15. The van der Waals surface area contributed by atoms with Crippen molar-refractivity contribution in [1.82, 2.24) is 14.3 Å². The molecule has 0 saturated carbocycles. The Balaban J connectivity index is 2.20. The molecule has 0 aromatic carbocycles. The zero-order valence-electron chi connectivity index (χ0n) is 10.1. The molecular formula is C10H16N4O3S. The maximum Gasteiger partial charge on any atom is 0.246 e. The molecule has 0 amide bonds. The maximum atomic E-state index is 12.2. The third-order valence-corrected chi connectivity index (χ3v) is 4.94. The Bertz CT molecular complexity index is 517. The third kappa shape index (κ3) is 2.60. The summed E-state index contributed by atoms with van der Waals surface area (Å²) in [5.41, 5.74) is 4.53. The van der Waals surface area contributed by atoms with E-state index in [1.807, 2.05) is 0 Å². The van der Waals surface area contributed by atoms with Crippen molar-refractivity contribution in [3.8, 4) is 0 Å². The monoisotopic (exact) mass is 272 g/mol. The Morgan fingerprint density at radius 2 is 1.83 bits per heavy atom. The van der Waals surface area contributed by atoms with Crippen molar-refractivity contribution < 1.29 is 13.5 Å². The minimum Gasteiger partial charge on any atom is -0.390 e. The van der Waals surface area contributed by atoms with Crippen molar-refractivity contribution in [2.24, 2.45) is 0 Å². The van der Waals surface area contributed by atoms with Gasteiger partial charge in [0.1, 0.15) is 4.90 Å². The molecule has 0 radical (unpaired) electrons. The van der Waals surface area contributed by atoms with E-state index in [0.29, 0.717) is 25.9 Å². The van der Waals surface area contributed by atoms with Gasteiger partial charge in [0, 0.05) is 13.1 Å². The van der Waals surface area contributed by atoms with Crippen LogP contribution in [0, 0.1) is 0 Å². The Morgan fingerprint density at radius 1 is 1.33 bits per heavy atom. The molecule has 1 aromatic rings. The Labute approximate surface area is 106 Å². The first-order valence-corrected chi connectivity index (χ1v) is 7.05. The van der Waals surface area contributed by atoms with Gasteiger partial charge in [0.05, 0.1) is 18.0 Å². The molecule has 0 spiro atoms. The lowest BCUT2D eigenvalue weighted by Gasteiger charge is -2.34. The van der Waals surface area contributed by atoms with E-state index >= 15 is 0 Å². The van der Waals surface area contributed by atoms with E-state index in [1.54, 1.807) is 6.92 Å². The van der Waals surface area contributed by atoms with Crippen molar-refractivity contribution in [3.63, 3.8) is 0 Å². The zero-order chi connectivity index (χ0) is 13.4. The molecule has 2 heterocycles. The van der Waals surface area contributed by atoms with Crippen LogP contribution in [-0.2, 0) is 10.0 Å². The van der Waals surface area contributed by atoms with Gasteiger partial charge in [-0.25, -0.2) is 18.4 Å². The van der Waals surface area contributed by atoms with Crippen LogP contribution in [0.25, 0.3) is 0 Å². The number of piperidine rings is 1. The van der Waals surface area contributed by atoms with Crippen LogP contribution in [0.15, 0.2) is 17.3 Å². The number of nitrogen functional groups attached to an aromatic ring is 1. The van der Waals surface area contributed by atoms with Gasteiger partial charge >= 0.3 is 0 Å². The van der Waals surface area contributed by atoms with Crippen molar-refractivity contribution in [2.45, 2.75) is 30.3 Å². The van der Waals surface area contributed by atoms with Gasteiger partial charge in [0.2, 0.25) is 16.0 Å². The van der Waals surface area contributed by atoms with Crippen molar-refractivity contribution in [1.29, 1.82) is 0 Å². The number of aromatic nitrogens is 2. The molecule has 7 nitrogen and oxygen atoms in total. The Hall–Kier alpha value is -1.25. The second-order valence-electron chi connectivity index (χ2n) is 4.68. The molecule has 2 rings (SSSR count). The first kappa shape index (κ1) is 13.2. The van der Waals surface area contributed by atoms with Crippen LogP contribution < -0.4 is 5.73 Å². The maximum absolute atomic E-state index is 12.2. The normalized spacial score (nSPS) is 20.8. The summed E-state index contributed by atoms with van der Waals surface area (Å²) in [7, 11) is -3.59. The van der Waals surface area contributed by atoms with E-state index in [4.69, 9.17) is 5.73 Å². The molecule has 18 heavy (non-hydrogen) atoms.